The summed E-state index contributed by atoms with van der Waals surface area (Å²) < 4.78 is 0. The van der Waals surface area contributed by atoms with Gasteiger partial charge in [-0.1, -0.05) is 51.5 Å². The second-order valence-corrected chi connectivity index (χ2v) is 6.84. The van der Waals surface area contributed by atoms with Crippen molar-refractivity contribution in [2.75, 3.05) is 26.7 Å². The number of hydrogen-bond donors (Lipinski definition) is 1. The number of rotatable bonds is 6. The Hall–Kier alpha value is -0.860. The maximum Gasteiger partial charge on any atom is 0.0446 e. The minimum atomic E-state index is 0.446. The maximum atomic E-state index is 3.51. The van der Waals surface area contributed by atoms with Gasteiger partial charge in [-0.15, -0.1) is 0 Å². The van der Waals surface area contributed by atoms with Crippen LogP contribution in [0.4, 0.5) is 0 Å². The van der Waals surface area contributed by atoms with Crippen molar-refractivity contribution in [1.29, 1.82) is 0 Å². The number of likely N-dealkylation sites (tertiary alicyclic amines) is 1. The van der Waals surface area contributed by atoms with Crippen LogP contribution < -0.4 is 5.32 Å². The lowest BCUT2D eigenvalue weighted by Crippen LogP contribution is -2.40. The Morgan fingerprint density at radius 1 is 1.19 bits per heavy atom. The molecule has 1 aliphatic rings. The molecule has 0 aliphatic carbocycles. The van der Waals surface area contributed by atoms with Crippen LogP contribution in [0.2, 0.25) is 0 Å². The Kier molecular flexibility index (Phi) is 6.25. The fraction of sp³-hybridized carbons (Fsp3) is 0.684. The van der Waals surface area contributed by atoms with Crippen molar-refractivity contribution in [3.05, 3.63) is 35.4 Å². The fourth-order valence-electron chi connectivity index (χ4n) is 3.39. The summed E-state index contributed by atoms with van der Waals surface area (Å²) in [6, 6.07) is 9.63. The number of benzene rings is 1. The third-order valence-corrected chi connectivity index (χ3v) is 4.98. The number of nitrogens with zero attached hydrogens (tertiary/aromatic N) is 1. The zero-order valence-corrected chi connectivity index (χ0v) is 14.2. The Balaban J connectivity index is 1.98. The van der Waals surface area contributed by atoms with Gasteiger partial charge in [-0.2, -0.15) is 0 Å². The molecule has 1 aliphatic heterocycles. The largest absolute Gasteiger partial charge is 0.312 e. The van der Waals surface area contributed by atoms with Gasteiger partial charge in [0.05, 0.1) is 0 Å². The fourth-order valence-corrected chi connectivity index (χ4v) is 3.39. The molecule has 1 N–H and O–H groups in total. The van der Waals surface area contributed by atoms with Gasteiger partial charge in [0.25, 0.3) is 0 Å². The van der Waals surface area contributed by atoms with Gasteiger partial charge in [0.15, 0.2) is 0 Å². The van der Waals surface area contributed by atoms with Crippen molar-refractivity contribution in [2.45, 2.75) is 52.0 Å². The van der Waals surface area contributed by atoms with Gasteiger partial charge in [-0.3, -0.25) is 0 Å². The standard InChI is InChI=1S/C19H32N2/c1-5-16-7-6-12-21(13-16)14-19(20-4)18-10-8-17(9-11-18)15(2)3/h8-11,15-16,19-20H,5-7,12-14H2,1-4H3. The summed E-state index contributed by atoms with van der Waals surface area (Å²) in [5.74, 6) is 1.51. The summed E-state index contributed by atoms with van der Waals surface area (Å²) in [7, 11) is 2.09. The average molecular weight is 288 g/mol. The molecule has 1 aromatic rings. The van der Waals surface area contributed by atoms with Crippen LogP contribution in [0.25, 0.3) is 0 Å². The highest BCUT2D eigenvalue weighted by atomic mass is 15.2. The van der Waals surface area contributed by atoms with Crippen molar-refractivity contribution in [2.24, 2.45) is 5.92 Å². The van der Waals surface area contributed by atoms with Gasteiger partial charge in [0.1, 0.15) is 0 Å². The molecule has 0 spiro atoms. The summed E-state index contributed by atoms with van der Waals surface area (Å²) in [5, 5.41) is 3.51. The number of hydrogen-bond acceptors (Lipinski definition) is 2. The quantitative estimate of drug-likeness (QED) is 0.844. The van der Waals surface area contributed by atoms with Crippen molar-refractivity contribution >= 4 is 0 Å². The molecule has 0 bridgehead atoms. The van der Waals surface area contributed by atoms with E-state index in [0.29, 0.717) is 12.0 Å². The van der Waals surface area contributed by atoms with Crippen molar-refractivity contribution < 1.29 is 0 Å². The molecule has 0 amide bonds. The van der Waals surface area contributed by atoms with E-state index in [0.717, 1.165) is 12.5 Å². The summed E-state index contributed by atoms with van der Waals surface area (Å²) in [5.41, 5.74) is 2.85. The van der Waals surface area contributed by atoms with Gasteiger partial charge >= 0.3 is 0 Å². The third kappa shape index (κ3) is 4.55. The molecule has 2 rings (SSSR count). The van der Waals surface area contributed by atoms with E-state index in [2.05, 4.69) is 62.3 Å². The second kappa shape index (κ2) is 7.95. The summed E-state index contributed by atoms with van der Waals surface area (Å²) in [6.07, 6.45) is 4.10. The first-order valence-electron chi connectivity index (χ1n) is 8.63. The van der Waals surface area contributed by atoms with Crippen molar-refractivity contribution in [1.82, 2.24) is 10.2 Å². The zero-order chi connectivity index (χ0) is 15.2. The first kappa shape index (κ1) is 16.5. The lowest BCUT2D eigenvalue weighted by atomic mass is 9.94. The monoisotopic (exact) mass is 288 g/mol. The van der Waals surface area contributed by atoms with Crippen molar-refractivity contribution in [3.63, 3.8) is 0 Å². The van der Waals surface area contributed by atoms with E-state index < -0.39 is 0 Å². The molecule has 2 unspecified atom stereocenters. The highest BCUT2D eigenvalue weighted by Gasteiger charge is 2.21. The Bertz CT molecular complexity index is 410. The zero-order valence-electron chi connectivity index (χ0n) is 14.2. The van der Waals surface area contributed by atoms with E-state index in [1.165, 1.54) is 43.5 Å². The van der Waals surface area contributed by atoms with Crippen LogP contribution in [-0.2, 0) is 0 Å². The molecule has 0 radical (unpaired) electrons. The average Bonchev–Trinajstić information content (AvgIpc) is 2.53. The predicted molar refractivity (Wildman–Crippen MR) is 91.8 cm³/mol. The molecule has 2 nitrogen and oxygen atoms in total. The second-order valence-electron chi connectivity index (χ2n) is 6.84. The van der Waals surface area contributed by atoms with E-state index in [-0.39, 0.29) is 0 Å². The number of likely N-dealkylation sites (N-methyl/N-ethyl adjacent to an activating group) is 1. The molecular formula is C19H32N2. The summed E-state index contributed by atoms with van der Waals surface area (Å²) in [4.78, 5) is 2.65. The topological polar surface area (TPSA) is 15.3 Å². The van der Waals surface area contributed by atoms with Gasteiger partial charge in [-0.25, -0.2) is 0 Å². The van der Waals surface area contributed by atoms with E-state index in [1.807, 2.05) is 0 Å². The van der Waals surface area contributed by atoms with Gasteiger partial charge in [-0.05, 0) is 49.4 Å². The Morgan fingerprint density at radius 2 is 1.86 bits per heavy atom. The van der Waals surface area contributed by atoms with Crippen molar-refractivity contribution in [3.8, 4) is 0 Å². The molecule has 0 aromatic heterocycles. The first-order chi connectivity index (χ1) is 10.1. The third-order valence-electron chi connectivity index (χ3n) is 4.98. The van der Waals surface area contributed by atoms with E-state index in [4.69, 9.17) is 0 Å². The van der Waals surface area contributed by atoms with Crippen LogP contribution >= 0.6 is 0 Å². The van der Waals surface area contributed by atoms with Crippen LogP contribution in [0.15, 0.2) is 24.3 Å². The van der Waals surface area contributed by atoms with E-state index >= 15 is 0 Å². The first-order valence-corrected chi connectivity index (χ1v) is 8.63. The lowest BCUT2D eigenvalue weighted by molar-refractivity contribution is 0.158. The Labute approximate surface area is 130 Å². The minimum absolute atomic E-state index is 0.446. The molecule has 2 atom stereocenters. The van der Waals surface area contributed by atoms with Crippen LogP contribution in [0.5, 0.6) is 0 Å². The van der Waals surface area contributed by atoms with E-state index in [9.17, 15) is 0 Å². The number of piperidine rings is 1. The summed E-state index contributed by atoms with van der Waals surface area (Å²) in [6.45, 7) is 10.5. The van der Waals surface area contributed by atoms with Crippen LogP contribution in [-0.4, -0.2) is 31.6 Å². The lowest BCUT2D eigenvalue weighted by Gasteiger charge is -2.34. The molecule has 1 saturated heterocycles. The van der Waals surface area contributed by atoms with Crippen LogP contribution in [0, 0.1) is 5.92 Å². The molecule has 1 fully saturated rings. The smallest absolute Gasteiger partial charge is 0.0446 e. The highest BCUT2D eigenvalue weighted by molar-refractivity contribution is 5.27. The van der Waals surface area contributed by atoms with E-state index in [1.54, 1.807) is 0 Å². The SMILES string of the molecule is CCC1CCCN(CC(NC)c2ccc(C(C)C)cc2)C1. The maximum absolute atomic E-state index is 3.51. The van der Waals surface area contributed by atoms with Crippen LogP contribution in [0.3, 0.4) is 0 Å². The Morgan fingerprint density at radius 3 is 2.43 bits per heavy atom. The number of nitrogens with one attached hydrogen (secondary N) is 1. The predicted octanol–water partition coefficient (Wildman–Crippen LogP) is 4.19. The molecule has 2 heteroatoms. The molecule has 1 heterocycles. The van der Waals surface area contributed by atoms with Gasteiger partial charge < -0.3 is 10.2 Å². The molecule has 118 valence electrons. The molecule has 1 aromatic carbocycles. The van der Waals surface area contributed by atoms with Crippen LogP contribution in [0.1, 0.15) is 63.1 Å². The normalized spacial score (nSPS) is 21.7. The highest BCUT2D eigenvalue weighted by Crippen LogP contribution is 2.23. The molecule has 21 heavy (non-hydrogen) atoms. The summed E-state index contributed by atoms with van der Waals surface area (Å²) >= 11 is 0. The molecule has 0 saturated carbocycles. The van der Waals surface area contributed by atoms with Gasteiger partial charge in [0, 0.05) is 19.1 Å². The van der Waals surface area contributed by atoms with Gasteiger partial charge in [0.2, 0.25) is 0 Å². The molecular weight excluding hydrogens is 256 g/mol. The minimum Gasteiger partial charge on any atom is -0.312 e.